The Morgan fingerprint density at radius 1 is 0.897 bits per heavy atom. The number of esters is 1. The van der Waals surface area contributed by atoms with E-state index >= 15 is 0 Å². The van der Waals surface area contributed by atoms with E-state index < -0.39 is 5.97 Å². The van der Waals surface area contributed by atoms with E-state index in [1.807, 2.05) is 30.3 Å². The Kier molecular flexibility index (Phi) is 11.6. The minimum absolute atomic E-state index is 0.0124. The monoisotopic (exact) mass is 538 g/mol. The first-order chi connectivity index (χ1) is 18.8. The third-order valence-electron chi connectivity index (χ3n) is 6.68. The maximum atomic E-state index is 13.2. The Morgan fingerprint density at radius 3 is 2.41 bits per heavy atom. The highest BCUT2D eigenvalue weighted by Gasteiger charge is 2.33. The molecule has 9 heteroatoms. The molecule has 2 amide bonds. The summed E-state index contributed by atoms with van der Waals surface area (Å²) >= 11 is 0. The molecule has 0 heterocycles. The Labute approximate surface area is 229 Å². The van der Waals surface area contributed by atoms with Crippen molar-refractivity contribution in [1.29, 1.82) is 0 Å². The number of rotatable bonds is 16. The fourth-order valence-electron chi connectivity index (χ4n) is 4.74. The van der Waals surface area contributed by atoms with Crippen LogP contribution in [0.4, 0.5) is 5.69 Å². The molecule has 1 aliphatic rings. The molecule has 2 aromatic rings. The van der Waals surface area contributed by atoms with E-state index in [0.29, 0.717) is 50.1 Å². The highest BCUT2D eigenvalue weighted by molar-refractivity contribution is 6.05. The van der Waals surface area contributed by atoms with Crippen LogP contribution in [0.3, 0.4) is 0 Å². The SMILES string of the molecule is CNC(=O)CCCC(=O)Nc1ccc2c(c1)C(COC(C)=O)c1cccc(C(=O)CCCOCCCCO)c1-2. The van der Waals surface area contributed by atoms with Crippen molar-refractivity contribution in [2.45, 2.75) is 57.8 Å². The molecule has 2 aromatic carbocycles. The van der Waals surface area contributed by atoms with Crippen LogP contribution in [0, 0.1) is 0 Å². The summed E-state index contributed by atoms with van der Waals surface area (Å²) in [5.74, 6) is -0.954. The summed E-state index contributed by atoms with van der Waals surface area (Å²) < 4.78 is 10.9. The molecule has 0 spiro atoms. The van der Waals surface area contributed by atoms with Crippen molar-refractivity contribution in [3.05, 3.63) is 53.1 Å². The van der Waals surface area contributed by atoms with Gasteiger partial charge >= 0.3 is 5.97 Å². The summed E-state index contributed by atoms with van der Waals surface area (Å²) in [4.78, 5) is 48.7. The number of benzene rings is 2. The molecule has 39 heavy (non-hydrogen) atoms. The minimum atomic E-state index is -0.392. The van der Waals surface area contributed by atoms with Crippen molar-refractivity contribution < 1.29 is 33.8 Å². The molecule has 1 aliphatic carbocycles. The number of Topliss-reactive ketones (excluding diaryl/α,β-unsaturated/α-hetero) is 1. The number of amides is 2. The lowest BCUT2D eigenvalue weighted by Crippen LogP contribution is -2.18. The summed E-state index contributed by atoms with van der Waals surface area (Å²) in [5.41, 5.74) is 4.72. The lowest BCUT2D eigenvalue weighted by molar-refractivity contribution is -0.141. The van der Waals surface area contributed by atoms with E-state index in [9.17, 15) is 19.2 Å². The van der Waals surface area contributed by atoms with Crippen LogP contribution in [-0.4, -0.2) is 62.1 Å². The molecular formula is C30H38N2O7. The molecule has 3 N–H and O–H groups in total. The maximum absolute atomic E-state index is 13.2. The van der Waals surface area contributed by atoms with Crippen LogP contribution in [0.15, 0.2) is 36.4 Å². The number of aliphatic hydroxyl groups is 1. The number of anilines is 1. The maximum Gasteiger partial charge on any atom is 0.302 e. The van der Waals surface area contributed by atoms with Crippen molar-refractivity contribution in [2.24, 2.45) is 0 Å². The molecule has 0 saturated carbocycles. The molecule has 0 radical (unpaired) electrons. The molecule has 0 saturated heterocycles. The van der Waals surface area contributed by atoms with E-state index in [1.165, 1.54) is 6.92 Å². The lowest BCUT2D eigenvalue weighted by atomic mass is 9.93. The molecule has 3 rings (SSSR count). The second-order valence-corrected chi connectivity index (χ2v) is 9.57. The van der Waals surface area contributed by atoms with E-state index in [4.69, 9.17) is 14.6 Å². The standard InChI is InChI=1S/C30H38N2O7/c1-20(34)39-19-26-22-8-5-9-24(27(35)10-7-17-38-16-4-3-15-33)30(22)23-14-13-21(18-25(23)26)32-29(37)12-6-11-28(36)31-2/h5,8-9,13-14,18,26,33H,3-4,6-7,10-12,15-17,19H2,1-2H3,(H,31,36)(H,32,37). The minimum Gasteiger partial charge on any atom is -0.465 e. The number of ketones is 1. The molecule has 1 atom stereocenters. The number of fused-ring (bicyclic) bond motifs is 3. The van der Waals surface area contributed by atoms with Crippen molar-refractivity contribution in [2.75, 3.05) is 38.8 Å². The van der Waals surface area contributed by atoms with Crippen molar-refractivity contribution in [3.63, 3.8) is 0 Å². The van der Waals surface area contributed by atoms with Gasteiger partial charge in [0.1, 0.15) is 6.61 Å². The summed E-state index contributed by atoms with van der Waals surface area (Å²) in [5, 5.41) is 14.3. The zero-order chi connectivity index (χ0) is 28.2. The Hall–Kier alpha value is -3.56. The highest BCUT2D eigenvalue weighted by Crippen LogP contribution is 2.47. The van der Waals surface area contributed by atoms with Crippen LogP contribution in [0.5, 0.6) is 0 Å². The number of carbonyl (C=O) groups excluding carboxylic acids is 4. The lowest BCUT2D eigenvalue weighted by Gasteiger charge is -2.15. The molecule has 0 fully saturated rings. The number of nitrogens with one attached hydrogen (secondary N) is 2. The van der Waals surface area contributed by atoms with Crippen molar-refractivity contribution in [1.82, 2.24) is 5.32 Å². The molecule has 210 valence electrons. The Balaban J connectivity index is 1.77. The van der Waals surface area contributed by atoms with E-state index in [0.717, 1.165) is 28.7 Å². The van der Waals surface area contributed by atoms with Gasteiger partial charge in [0, 0.05) is 70.2 Å². The van der Waals surface area contributed by atoms with Crippen LogP contribution < -0.4 is 10.6 Å². The summed E-state index contributed by atoms with van der Waals surface area (Å²) in [6, 6.07) is 11.2. The smallest absolute Gasteiger partial charge is 0.302 e. The Morgan fingerprint density at radius 2 is 1.67 bits per heavy atom. The molecule has 0 aliphatic heterocycles. The molecule has 1 unspecified atom stereocenters. The van der Waals surface area contributed by atoms with Gasteiger partial charge in [-0.15, -0.1) is 0 Å². The Bertz CT molecular complexity index is 1180. The van der Waals surface area contributed by atoms with Crippen molar-refractivity contribution in [3.8, 4) is 11.1 Å². The molecule has 0 bridgehead atoms. The number of hydrogen-bond donors (Lipinski definition) is 3. The summed E-state index contributed by atoms with van der Waals surface area (Å²) in [6.07, 6.45) is 3.35. The van der Waals surface area contributed by atoms with E-state index in [1.54, 1.807) is 13.1 Å². The van der Waals surface area contributed by atoms with Gasteiger partial charge in [-0.05, 0) is 60.1 Å². The molecular weight excluding hydrogens is 500 g/mol. The van der Waals surface area contributed by atoms with Gasteiger partial charge in [0.15, 0.2) is 5.78 Å². The zero-order valence-electron chi connectivity index (χ0n) is 22.7. The number of carbonyl (C=O) groups is 4. The van der Waals surface area contributed by atoms with Crippen LogP contribution in [0.25, 0.3) is 11.1 Å². The fourth-order valence-corrected chi connectivity index (χ4v) is 4.74. The third-order valence-corrected chi connectivity index (χ3v) is 6.68. The van der Waals surface area contributed by atoms with Gasteiger partial charge in [-0.3, -0.25) is 19.2 Å². The number of hydrogen-bond acceptors (Lipinski definition) is 7. The van der Waals surface area contributed by atoms with Gasteiger partial charge in [-0.25, -0.2) is 0 Å². The topological polar surface area (TPSA) is 131 Å². The van der Waals surface area contributed by atoms with Crippen LogP contribution in [0.1, 0.15) is 79.3 Å². The van der Waals surface area contributed by atoms with Crippen LogP contribution in [-0.2, 0) is 23.9 Å². The molecule has 9 nitrogen and oxygen atoms in total. The summed E-state index contributed by atoms with van der Waals surface area (Å²) in [6.45, 7) is 2.67. The predicted octanol–water partition coefficient (Wildman–Crippen LogP) is 3.97. The quantitative estimate of drug-likeness (QED) is 0.167. The zero-order valence-corrected chi connectivity index (χ0v) is 22.7. The number of aliphatic hydroxyl groups excluding tert-OH is 1. The van der Waals surface area contributed by atoms with E-state index in [2.05, 4.69) is 10.6 Å². The average Bonchev–Trinajstić information content (AvgIpc) is 3.23. The predicted molar refractivity (Wildman–Crippen MR) is 148 cm³/mol. The second-order valence-electron chi connectivity index (χ2n) is 9.57. The third kappa shape index (κ3) is 8.46. The fraction of sp³-hybridized carbons (Fsp3) is 0.467. The van der Waals surface area contributed by atoms with E-state index in [-0.39, 0.29) is 49.6 Å². The van der Waals surface area contributed by atoms with Crippen LogP contribution >= 0.6 is 0 Å². The first kappa shape index (κ1) is 30.0. The second kappa shape index (κ2) is 15.1. The van der Waals surface area contributed by atoms with Crippen molar-refractivity contribution >= 4 is 29.3 Å². The summed E-state index contributed by atoms with van der Waals surface area (Å²) in [7, 11) is 1.56. The number of ether oxygens (including phenoxy) is 2. The van der Waals surface area contributed by atoms with Gasteiger partial charge in [-0.2, -0.15) is 0 Å². The normalized spacial score (nSPS) is 13.4. The number of unbranched alkanes of at least 4 members (excludes halogenated alkanes) is 1. The van der Waals surface area contributed by atoms with Gasteiger partial charge < -0.3 is 25.2 Å². The van der Waals surface area contributed by atoms with Crippen LogP contribution in [0.2, 0.25) is 0 Å². The van der Waals surface area contributed by atoms with Gasteiger partial charge in [-0.1, -0.05) is 24.3 Å². The first-order valence-electron chi connectivity index (χ1n) is 13.5. The first-order valence-corrected chi connectivity index (χ1v) is 13.5. The molecule has 0 aromatic heterocycles. The highest BCUT2D eigenvalue weighted by atomic mass is 16.5. The van der Waals surface area contributed by atoms with Gasteiger partial charge in [0.25, 0.3) is 0 Å². The average molecular weight is 539 g/mol. The van der Waals surface area contributed by atoms with Gasteiger partial charge in [0.05, 0.1) is 0 Å². The van der Waals surface area contributed by atoms with Gasteiger partial charge in [0.2, 0.25) is 11.8 Å². The largest absolute Gasteiger partial charge is 0.465 e.